The minimum absolute atomic E-state index is 0.0755. The number of piperidine rings is 1. The molecule has 0 saturated carbocycles. The molecular weight excluding hydrogens is 441 g/mol. The number of aromatic nitrogens is 3. The maximum atomic E-state index is 14.9. The molecule has 0 unspecified atom stereocenters. The molecule has 0 aliphatic carbocycles. The summed E-state index contributed by atoms with van der Waals surface area (Å²) in [6.07, 6.45) is 4.79. The van der Waals surface area contributed by atoms with Crippen molar-refractivity contribution < 1.29 is 23.8 Å². The van der Waals surface area contributed by atoms with Crippen LogP contribution < -0.4 is 4.74 Å². The topological polar surface area (TPSA) is 129 Å². The first-order valence-corrected chi connectivity index (χ1v) is 10.6. The number of carboxylic acid groups (broad SMARTS) is 1. The van der Waals surface area contributed by atoms with Crippen LogP contribution in [-0.4, -0.2) is 55.5 Å². The zero-order chi connectivity index (χ0) is 24.2. The van der Waals surface area contributed by atoms with Gasteiger partial charge in [-0.2, -0.15) is 5.26 Å². The lowest BCUT2D eigenvalue weighted by Crippen LogP contribution is -2.49. The molecule has 1 N–H and O–H groups in total. The summed E-state index contributed by atoms with van der Waals surface area (Å²) in [6.45, 7) is 1.94. The molecule has 2 atom stereocenters. The summed E-state index contributed by atoms with van der Waals surface area (Å²) >= 11 is 0. The number of pyridine rings is 1. The zero-order valence-electron chi connectivity index (χ0n) is 18.2. The molecule has 3 heterocycles. The van der Waals surface area contributed by atoms with Crippen molar-refractivity contribution in [2.75, 3.05) is 6.54 Å². The Morgan fingerprint density at radius 1 is 1.12 bits per heavy atom. The monoisotopic (exact) mass is 461 g/mol. The molecule has 2 aromatic heterocycles. The van der Waals surface area contributed by atoms with E-state index in [1.165, 1.54) is 41.7 Å². The van der Waals surface area contributed by atoms with Crippen molar-refractivity contribution in [3.8, 4) is 23.3 Å². The van der Waals surface area contributed by atoms with Crippen LogP contribution in [0, 0.1) is 17.1 Å². The first-order chi connectivity index (χ1) is 16.4. The molecule has 3 aromatic rings. The van der Waals surface area contributed by atoms with Gasteiger partial charge in [-0.05, 0) is 38.0 Å². The first kappa shape index (κ1) is 22.8. The molecule has 9 nitrogen and oxygen atoms in total. The van der Waals surface area contributed by atoms with E-state index in [0.29, 0.717) is 12.8 Å². The fraction of sp³-hybridized carbons (Fsp3) is 0.250. The van der Waals surface area contributed by atoms with Crippen LogP contribution >= 0.6 is 0 Å². The number of aromatic carboxylic acids is 1. The molecule has 10 heteroatoms. The number of nitriles is 1. The molecule has 1 saturated heterocycles. The maximum Gasteiger partial charge on any atom is 0.342 e. The number of hydrogen-bond donors (Lipinski definition) is 1. The van der Waals surface area contributed by atoms with Crippen molar-refractivity contribution >= 4 is 11.9 Å². The van der Waals surface area contributed by atoms with Gasteiger partial charge in [0.05, 0.1) is 17.7 Å². The van der Waals surface area contributed by atoms with E-state index < -0.39 is 23.8 Å². The molecule has 1 amide bonds. The molecule has 0 radical (unpaired) electrons. The van der Waals surface area contributed by atoms with Crippen LogP contribution in [0.3, 0.4) is 0 Å². The van der Waals surface area contributed by atoms with Crippen LogP contribution in [0.5, 0.6) is 5.88 Å². The quantitative estimate of drug-likeness (QED) is 0.613. The highest BCUT2D eigenvalue weighted by Crippen LogP contribution is 2.29. The van der Waals surface area contributed by atoms with Gasteiger partial charge in [0.15, 0.2) is 5.82 Å². The Bertz CT molecular complexity index is 1280. The number of carboxylic acids is 1. The molecule has 0 bridgehead atoms. The van der Waals surface area contributed by atoms with Crippen LogP contribution in [0.15, 0.2) is 48.9 Å². The van der Waals surface area contributed by atoms with E-state index in [0.717, 1.165) is 0 Å². The smallest absolute Gasteiger partial charge is 0.342 e. The van der Waals surface area contributed by atoms with Gasteiger partial charge in [-0.25, -0.2) is 24.1 Å². The van der Waals surface area contributed by atoms with Gasteiger partial charge in [0.25, 0.3) is 5.91 Å². The molecule has 172 valence electrons. The molecule has 1 fully saturated rings. The summed E-state index contributed by atoms with van der Waals surface area (Å²) in [5.74, 6) is -2.54. The molecule has 1 aromatic carbocycles. The predicted molar refractivity (Wildman–Crippen MR) is 117 cm³/mol. The van der Waals surface area contributed by atoms with Gasteiger partial charge in [0, 0.05) is 30.2 Å². The minimum Gasteiger partial charge on any atom is -0.477 e. The van der Waals surface area contributed by atoms with Crippen molar-refractivity contribution in [1.82, 2.24) is 19.9 Å². The van der Waals surface area contributed by atoms with Crippen molar-refractivity contribution in [2.45, 2.75) is 31.9 Å². The van der Waals surface area contributed by atoms with Crippen LogP contribution in [0.1, 0.15) is 46.0 Å². The normalized spacial score (nSPS) is 17.6. The highest BCUT2D eigenvalue weighted by molar-refractivity contribution is 6.00. The highest BCUT2D eigenvalue weighted by atomic mass is 19.1. The van der Waals surface area contributed by atoms with E-state index in [-0.39, 0.29) is 46.5 Å². The summed E-state index contributed by atoms with van der Waals surface area (Å²) < 4.78 is 20.7. The van der Waals surface area contributed by atoms with Crippen molar-refractivity contribution in [3.63, 3.8) is 0 Å². The van der Waals surface area contributed by atoms with E-state index in [1.54, 1.807) is 12.1 Å². The van der Waals surface area contributed by atoms with Crippen molar-refractivity contribution in [1.29, 1.82) is 5.26 Å². The second-order valence-corrected chi connectivity index (χ2v) is 7.81. The van der Waals surface area contributed by atoms with Crippen LogP contribution in [0.4, 0.5) is 4.39 Å². The Morgan fingerprint density at radius 3 is 2.59 bits per heavy atom. The first-order valence-electron chi connectivity index (χ1n) is 10.6. The molecule has 34 heavy (non-hydrogen) atoms. The van der Waals surface area contributed by atoms with E-state index >= 15 is 0 Å². The largest absolute Gasteiger partial charge is 0.477 e. The summed E-state index contributed by atoms with van der Waals surface area (Å²) in [4.78, 5) is 39.0. The third-order valence-electron chi connectivity index (χ3n) is 5.66. The van der Waals surface area contributed by atoms with Gasteiger partial charge in [-0.1, -0.05) is 12.1 Å². The summed E-state index contributed by atoms with van der Waals surface area (Å²) in [7, 11) is 0. The fourth-order valence-corrected chi connectivity index (χ4v) is 3.95. The number of nitrogens with zero attached hydrogens (tertiary/aromatic N) is 5. The number of ether oxygens (including phenoxy) is 1. The van der Waals surface area contributed by atoms with E-state index in [2.05, 4.69) is 15.0 Å². The van der Waals surface area contributed by atoms with Gasteiger partial charge < -0.3 is 14.7 Å². The second-order valence-electron chi connectivity index (χ2n) is 7.81. The Balaban J connectivity index is 1.63. The number of carbonyl (C=O) groups excluding carboxylic acids is 1. The summed E-state index contributed by atoms with van der Waals surface area (Å²) in [5.41, 5.74) is -0.276. The van der Waals surface area contributed by atoms with Crippen LogP contribution in [0.25, 0.3) is 11.4 Å². The maximum absolute atomic E-state index is 14.9. The summed E-state index contributed by atoms with van der Waals surface area (Å²) in [6, 6.07) is 8.81. The Kier molecular flexibility index (Phi) is 6.45. The van der Waals surface area contributed by atoms with Gasteiger partial charge >= 0.3 is 5.97 Å². The van der Waals surface area contributed by atoms with Crippen molar-refractivity contribution in [2.24, 2.45) is 0 Å². The third kappa shape index (κ3) is 4.41. The Labute approximate surface area is 194 Å². The van der Waals surface area contributed by atoms with Gasteiger partial charge in [0.1, 0.15) is 23.6 Å². The lowest BCUT2D eigenvalue weighted by atomic mass is 9.98. The number of benzene rings is 1. The molecular formula is C24H20FN5O4. The number of likely N-dealkylation sites (tertiary alicyclic amines) is 1. The third-order valence-corrected chi connectivity index (χ3v) is 5.66. The van der Waals surface area contributed by atoms with E-state index in [1.807, 2.05) is 13.0 Å². The zero-order valence-corrected chi connectivity index (χ0v) is 18.2. The lowest BCUT2D eigenvalue weighted by molar-refractivity contribution is 0.0360. The average molecular weight is 461 g/mol. The molecule has 0 spiro atoms. The number of rotatable bonds is 5. The predicted octanol–water partition coefficient (Wildman–Crippen LogP) is 3.32. The number of carbonyl (C=O) groups is 2. The van der Waals surface area contributed by atoms with Crippen LogP contribution in [0.2, 0.25) is 0 Å². The van der Waals surface area contributed by atoms with Gasteiger partial charge in [-0.15, -0.1) is 0 Å². The van der Waals surface area contributed by atoms with Gasteiger partial charge in [0.2, 0.25) is 5.88 Å². The molecule has 4 rings (SSSR count). The second kappa shape index (κ2) is 9.62. The van der Waals surface area contributed by atoms with Crippen molar-refractivity contribution in [3.05, 3.63) is 71.4 Å². The minimum atomic E-state index is -1.34. The van der Waals surface area contributed by atoms with Crippen LogP contribution in [-0.2, 0) is 0 Å². The molecule has 1 aliphatic heterocycles. The molecule has 1 aliphatic rings. The standard InChI is InChI=1S/C24H20FN5O4/c1-14-6-7-16(34-22-19(24(32)33)15(12-26)8-11-29-22)13-30(14)23(31)20-17(4-2-5-18(20)25)21-27-9-3-10-28-21/h2-5,8-11,14,16H,6-7,13H2,1H3,(H,32,33)/t14-,16-/m1/s1. The van der Waals surface area contributed by atoms with Gasteiger partial charge in [-0.3, -0.25) is 4.79 Å². The SMILES string of the molecule is C[C@@H]1CC[C@@H](Oc2nccc(C#N)c2C(=O)O)CN1C(=O)c1c(F)cccc1-c1ncccn1. The fourth-order valence-electron chi connectivity index (χ4n) is 3.95. The highest BCUT2D eigenvalue weighted by Gasteiger charge is 2.34. The van der Waals surface area contributed by atoms with E-state index in [9.17, 15) is 24.3 Å². The summed E-state index contributed by atoms with van der Waals surface area (Å²) in [5, 5.41) is 18.7. The average Bonchev–Trinajstić information content (AvgIpc) is 2.84. The van der Waals surface area contributed by atoms with E-state index in [4.69, 9.17) is 4.74 Å². The lowest BCUT2D eigenvalue weighted by Gasteiger charge is -2.38. The number of halogens is 1. The Morgan fingerprint density at radius 2 is 1.88 bits per heavy atom. The number of amides is 1. The Hall–Kier alpha value is -4.39. The number of hydrogen-bond acceptors (Lipinski definition) is 7.